The summed E-state index contributed by atoms with van der Waals surface area (Å²) in [4.78, 5) is 10.9. The van der Waals surface area contributed by atoms with Crippen LogP contribution in [0.15, 0.2) is 0 Å². The van der Waals surface area contributed by atoms with Crippen LogP contribution >= 0.6 is 0 Å². The van der Waals surface area contributed by atoms with Crippen molar-refractivity contribution in [2.45, 2.75) is 32.3 Å². The van der Waals surface area contributed by atoms with E-state index in [1.165, 1.54) is 0 Å². The van der Waals surface area contributed by atoms with E-state index in [2.05, 4.69) is 0 Å². The zero-order chi connectivity index (χ0) is 6.85. The van der Waals surface area contributed by atoms with Crippen LogP contribution in [-0.4, -0.2) is 17.0 Å². The summed E-state index contributed by atoms with van der Waals surface area (Å²) in [7, 11) is 0. The Morgan fingerprint density at radius 1 is 1.78 bits per heavy atom. The van der Waals surface area contributed by atoms with Crippen molar-refractivity contribution in [2.75, 3.05) is 0 Å². The van der Waals surface area contributed by atoms with Crippen LogP contribution in [0.3, 0.4) is 0 Å². The monoisotopic (exact) mass is 128 g/mol. The Morgan fingerprint density at radius 3 is 2.67 bits per heavy atom. The van der Waals surface area contributed by atoms with E-state index in [0.29, 0.717) is 6.42 Å². The molecule has 0 aromatic rings. The molecule has 0 bridgehead atoms. The minimum Gasteiger partial charge on any atom is -0.393 e. The van der Waals surface area contributed by atoms with Gasteiger partial charge in [0, 0.05) is 12.3 Å². The van der Waals surface area contributed by atoms with Gasteiger partial charge in [-0.05, 0) is 19.8 Å². The maximum atomic E-state index is 10.9. The van der Waals surface area contributed by atoms with Crippen molar-refractivity contribution in [3.05, 3.63) is 0 Å². The smallest absolute Gasteiger partial charge is 0.138 e. The van der Waals surface area contributed by atoms with Gasteiger partial charge >= 0.3 is 0 Å². The average molecular weight is 128 g/mol. The van der Waals surface area contributed by atoms with Gasteiger partial charge in [-0.15, -0.1) is 0 Å². The molecule has 0 spiro atoms. The van der Waals surface area contributed by atoms with Crippen LogP contribution in [0.5, 0.6) is 0 Å². The van der Waals surface area contributed by atoms with Crippen molar-refractivity contribution < 1.29 is 9.90 Å². The van der Waals surface area contributed by atoms with E-state index in [1.807, 2.05) is 0 Å². The molecule has 1 unspecified atom stereocenters. The topological polar surface area (TPSA) is 37.3 Å². The molecule has 1 aliphatic carbocycles. The summed E-state index contributed by atoms with van der Waals surface area (Å²) < 4.78 is 0. The quantitative estimate of drug-likeness (QED) is 0.565. The molecule has 1 aliphatic rings. The third-order valence-electron chi connectivity index (χ3n) is 1.93. The van der Waals surface area contributed by atoms with Gasteiger partial charge in [0.25, 0.3) is 0 Å². The summed E-state index contributed by atoms with van der Waals surface area (Å²) in [6.45, 7) is 1.69. The molecule has 9 heavy (non-hydrogen) atoms. The Morgan fingerprint density at radius 2 is 2.44 bits per heavy atom. The maximum Gasteiger partial charge on any atom is 0.138 e. The number of hydrogen-bond donors (Lipinski definition) is 1. The average Bonchev–Trinajstić information content (AvgIpc) is 2.13. The highest BCUT2D eigenvalue weighted by molar-refractivity contribution is 5.83. The van der Waals surface area contributed by atoms with Crippen LogP contribution in [0.2, 0.25) is 0 Å². The van der Waals surface area contributed by atoms with Gasteiger partial charge in [0.2, 0.25) is 0 Å². The van der Waals surface area contributed by atoms with Crippen molar-refractivity contribution in [3.63, 3.8) is 0 Å². The molecule has 0 saturated heterocycles. The first-order chi connectivity index (χ1) is 4.22. The van der Waals surface area contributed by atoms with Crippen molar-refractivity contribution in [1.82, 2.24) is 0 Å². The van der Waals surface area contributed by atoms with Crippen LogP contribution < -0.4 is 0 Å². The molecular formula is C7H12O2. The van der Waals surface area contributed by atoms with Crippen molar-refractivity contribution in [2.24, 2.45) is 5.92 Å². The Balaban J connectivity index is 2.49. The highest BCUT2D eigenvalue weighted by Gasteiger charge is 2.27. The van der Waals surface area contributed by atoms with E-state index in [9.17, 15) is 4.79 Å². The fourth-order valence-electron chi connectivity index (χ4n) is 1.35. The zero-order valence-corrected chi connectivity index (χ0v) is 5.63. The van der Waals surface area contributed by atoms with Gasteiger partial charge in [0.15, 0.2) is 0 Å². The standard InChI is InChI=1S/C7H12O2/c1-5(8)6-3-2-4-7(6)9/h5-6,8H,2-4H2,1H3/t5?,6-/m0/s1. The van der Waals surface area contributed by atoms with Crippen LogP contribution in [0.4, 0.5) is 0 Å². The first-order valence-corrected chi connectivity index (χ1v) is 3.42. The van der Waals surface area contributed by atoms with Crippen LogP contribution in [0, 0.1) is 5.92 Å². The Labute approximate surface area is 54.9 Å². The molecule has 2 heteroatoms. The molecule has 0 aliphatic heterocycles. The summed E-state index contributed by atoms with van der Waals surface area (Å²) >= 11 is 0. The summed E-state index contributed by atoms with van der Waals surface area (Å²) in [5.74, 6) is 0.190. The second-order valence-electron chi connectivity index (χ2n) is 2.71. The predicted octanol–water partition coefficient (Wildman–Crippen LogP) is 0.736. The van der Waals surface area contributed by atoms with Gasteiger partial charge in [-0.1, -0.05) is 0 Å². The van der Waals surface area contributed by atoms with Crippen LogP contribution in [0.25, 0.3) is 0 Å². The minimum absolute atomic E-state index is 0.0509. The molecule has 0 aromatic carbocycles. The number of carbonyl (C=O) groups is 1. The summed E-state index contributed by atoms with van der Waals surface area (Å²) in [5.41, 5.74) is 0. The Bertz CT molecular complexity index is 118. The predicted molar refractivity (Wildman–Crippen MR) is 34.0 cm³/mol. The fourth-order valence-corrected chi connectivity index (χ4v) is 1.35. The van der Waals surface area contributed by atoms with E-state index < -0.39 is 6.10 Å². The molecule has 1 fully saturated rings. The molecule has 52 valence electrons. The lowest BCUT2D eigenvalue weighted by Crippen LogP contribution is -2.20. The Hall–Kier alpha value is -0.370. The third-order valence-corrected chi connectivity index (χ3v) is 1.93. The molecule has 0 aromatic heterocycles. The molecule has 0 heterocycles. The molecule has 0 amide bonds. The number of ketones is 1. The van der Waals surface area contributed by atoms with Gasteiger partial charge in [-0.2, -0.15) is 0 Å². The van der Waals surface area contributed by atoms with E-state index >= 15 is 0 Å². The number of aliphatic hydroxyl groups is 1. The highest BCUT2D eigenvalue weighted by atomic mass is 16.3. The lowest BCUT2D eigenvalue weighted by atomic mass is 10.0. The van der Waals surface area contributed by atoms with Crippen molar-refractivity contribution in [1.29, 1.82) is 0 Å². The molecule has 1 rings (SSSR count). The molecular weight excluding hydrogens is 116 g/mol. The van der Waals surface area contributed by atoms with E-state index in [0.717, 1.165) is 12.8 Å². The zero-order valence-electron chi connectivity index (χ0n) is 5.63. The van der Waals surface area contributed by atoms with Crippen LogP contribution in [-0.2, 0) is 4.79 Å². The number of rotatable bonds is 1. The minimum atomic E-state index is -0.431. The van der Waals surface area contributed by atoms with Crippen LogP contribution in [0.1, 0.15) is 26.2 Å². The lowest BCUT2D eigenvalue weighted by molar-refractivity contribution is -0.123. The van der Waals surface area contributed by atoms with E-state index in [4.69, 9.17) is 5.11 Å². The molecule has 1 saturated carbocycles. The summed E-state index contributed by atoms with van der Waals surface area (Å²) in [6.07, 6.45) is 2.10. The highest BCUT2D eigenvalue weighted by Crippen LogP contribution is 2.23. The van der Waals surface area contributed by atoms with Gasteiger partial charge < -0.3 is 5.11 Å². The van der Waals surface area contributed by atoms with E-state index in [-0.39, 0.29) is 11.7 Å². The van der Waals surface area contributed by atoms with Gasteiger partial charge in [-0.25, -0.2) is 0 Å². The number of carbonyl (C=O) groups excluding carboxylic acids is 1. The second-order valence-corrected chi connectivity index (χ2v) is 2.71. The number of Topliss-reactive ketones (excluding diaryl/α,β-unsaturated/α-hetero) is 1. The summed E-state index contributed by atoms with van der Waals surface area (Å²) in [5, 5.41) is 9.00. The molecule has 1 N–H and O–H groups in total. The maximum absolute atomic E-state index is 10.9. The SMILES string of the molecule is CC(O)[C@@H]1CCCC1=O. The largest absolute Gasteiger partial charge is 0.393 e. The van der Waals surface area contributed by atoms with Crippen molar-refractivity contribution in [3.8, 4) is 0 Å². The van der Waals surface area contributed by atoms with Crippen molar-refractivity contribution >= 4 is 5.78 Å². The Kier molecular flexibility index (Phi) is 1.86. The first kappa shape index (κ1) is 6.75. The van der Waals surface area contributed by atoms with Gasteiger partial charge in [0.1, 0.15) is 5.78 Å². The summed E-state index contributed by atoms with van der Waals surface area (Å²) in [6, 6.07) is 0. The number of hydrogen-bond acceptors (Lipinski definition) is 2. The van der Waals surface area contributed by atoms with Gasteiger partial charge in [-0.3, -0.25) is 4.79 Å². The second kappa shape index (κ2) is 2.48. The van der Waals surface area contributed by atoms with Gasteiger partial charge in [0.05, 0.1) is 6.10 Å². The first-order valence-electron chi connectivity index (χ1n) is 3.42. The van der Waals surface area contributed by atoms with E-state index in [1.54, 1.807) is 6.92 Å². The fraction of sp³-hybridized carbons (Fsp3) is 0.857. The molecule has 2 atom stereocenters. The third kappa shape index (κ3) is 1.30. The molecule has 0 radical (unpaired) electrons. The normalized spacial score (nSPS) is 30.9. The number of aliphatic hydroxyl groups excluding tert-OH is 1. The lowest BCUT2D eigenvalue weighted by Gasteiger charge is -2.09. The molecule has 2 nitrogen and oxygen atoms in total.